The van der Waals surface area contributed by atoms with Gasteiger partial charge in [0.1, 0.15) is 30.0 Å². The molecule has 0 bridgehead atoms. The third-order valence-electron chi connectivity index (χ3n) is 15.7. The molecular formula is C69H93N7O12. The molecule has 0 spiro atoms. The van der Waals surface area contributed by atoms with Gasteiger partial charge in [0, 0.05) is 43.7 Å². The van der Waals surface area contributed by atoms with Crippen LogP contribution in [0.1, 0.15) is 137 Å². The number of piperidine rings is 1. The summed E-state index contributed by atoms with van der Waals surface area (Å²) in [5.74, 6) is -2.63. The van der Waals surface area contributed by atoms with E-state index in [2.05, 4.69) is 26.4 Å². The molecule has 19 heteroatoms. The SMILES string of the molecule is C.CCC(C)(C)C(=O)C(=O)N1CCCC[C@H]1C(=O)O[C@H](CCc1ccc(OC)c(OC)c1)c1cccc(OCC(=O)N[C@H](C(=O)N[C@@H](Cc2ccccc2)[C@@H](O)CN(Cc2ccc(-c3ccccn3)cc2)NC(=O)[C@@H](NC(C)=O)C(C)(C)C)C(C)(C)C)c1. The molecule has 19 nitrogen and oxygen atoms in total. The normalized spacial score (nSPS) is 15.2. The molecule has 88 heavy (non-hydrogen) atoms. The van der Waals surface area contributed by atoms with Crippen molar-refractivity contribution in [2.24, 2.45) is 16.2 Å². The second-order valence-electron chi connectivity index (χ2n) is 25.1. The fourth-order valence-corrected chi connectivity index (χ4v) is 10.2. The number of nitrogens with one attached hydrogen (secondary N) is 4. The summed E-state index contributed by atoms with van der Waals surface area (Å²) in [7, 11) is 3.09. The van der Waals surface area contributed by atoms with E-state index in [1.165, 1.54) is 11.8 Å². The van der Waals surface area contributed by atoms with Gasteiger partial charge in [-0.25, -0.2) is 9.80 Å². The number of hydrogen-bond acceptors (Lipinski definition) is 14. The van der Waals surface area contributed by atoms with Crippen molar-refractivity contribution in [3.63, 3.8) is 0 Å². The number of hydrazine groups is 1. The Kier molecular flexibility index (Phi) is 25.8. The number of carbonyl (C=O) groups is 7. The number of aliphatic hydroxyl groups excluding tert-OH is 1. The molecule has 1 aromatic heterocycles. The van der Waals surface area contributed by atoms with Crippen molar-refractivity contribution in [1.29, 1.82) is 0 Å². The Morgan fingerprint density at radius 1 is 0.727 bits per heavy atom. The maximum absolute atomic E-state index is 14.7. The minimum Gasteiger partial charge on any atom is -0.493 e. The molecule has 6 atom stereocenters. The summed E-state index contributed by atoms with van der Waals surface area (Å²) >= 11 is 0. The molecule has 0 aliphatic carbocycles. The van der Waals surface area contributed by atoms with Crippen LogP contribution in [-0.2, 0) is 57.7 Å². The Balaban J connectivity index is 0.0000141. The van der Waals surface area contributed by atoms with Gasteiger partial charge in [-0.3, -0.25) is 39.2 Å². The van der Waals surface area contributed by atoms with Gasteiger partial charge in [0.05, 0.1) is 32.1 Å². The number of Topliss-reactive ketones (excluding diaryl/α,β-unsaturated/α-hetero) is 1. The van der Waals surface area contributed by atoms with E-state index in [1.54, 1.807) is 90.4 Å². The highest BCUT2D eigenvalue weighted by molar-refractivity contribution is 6.38. The summed E-state index contributed by atoms with van der Waals surface area (Å²) in [4.78, 5) is 103. The van der Waals surface area contributed by atoms with Gasteiger partial charge in [0.25, 0.3) is 17.7 Å². The smallest absolute Gasteiger partial charge is 0.329 e. The minimum absolute atomic E-state index is 0. The number of pyridine rings is 1. The molecule has 5 aromatic rings. The second kappa shape index (κ2) is 32.2. The predicted octanol–water partition coefficient (Wildman–Crippen LogP) is 9.09. The summed E-state index contributed by atoms with van der Waals surface area (Å²) in [5, 5.41) is 22.6. The zero-order chi connectivity index (χ0) is 63.6. The van der Waals surface area contributed by atoms with Gasteiger partial charge in [-0.1, -0.05) is 149 Å². The molecule has 0 radical (unpaired) electrons. The zero-order valence-corrected chi connectivity index (χ0v) is 52.6. The van der Waals surface area contributed by atoms with Crippen molar-refractivity contribution < 1.29 is 57.6 Å². The quantitative estimate of drug-likeness (QED) is 0.0178. The van der Waals surface area contributed by atoms with Crippen molar-refractivity contribution >= 4 is 41.3 Å². The number of rotatable bonds is 28. The van der Waals surface area contributed by atoms with Gasteiger partial charge in [-0.15, -0.1) is 0 Å². The van der Waals surface area contributed by atoms with Gasteiger partial charge in [0.15, 0.2) is 18.1 Å². The average Bonchev–Trinajstić information content (AvgIpc) is 3.54. The van der Waals surface area contributed by atoms with Crippen LogP contribution in [-0.4, -0.2) is 125 Å². The molecule has 476 valence electrons. The van der Waals surface area contributed by atoms with Crippen LogP contribution in [0.3, 0.4) is 0 Å². The Morgan fingerprint density at radius 2 is 1.39 bits per heavy atom. The Morgan fingerprint density at radius 3 is 2.01 bits per heavy atom. The first kappa shape index (κ1) is 70.6. The molecule has 5 N–H and O–H groups in total. The first-order valence-electron chi connectivity index (χ1n) is 29.8. The van der Waals surface area contributed by atoms with Crippen LogP contribution >= 0.6 is 0 Å². The number of nitrogens with zero attached hydrogens (tertiary/aromatic N) is 3. The number of likely N-dealkylation sites (tertiary alicyclic amines) is 1. The van der Waals surface area contributed by atoms with Crippen molar-refractivity contribution in [2.75, 3.05) is 33.9 Å². The maximum atomic E-state index is 14.7. The third-order valence-corrected chi connectivity index (χ3v) is 15.7. The number of carbonyl (C=O) groups excluding carboxylic acids is 7. The van der Waals surface area contributed by atoms with Gasteiger partial charge in [-0.05, 0) is 114 Å². The van der Waals surface area contributed by atoms with Gasteiger partial charge in [0.2, 0.25) is 17.6 Å². The number of benzene rings is 4. The molecule has 6 rings (SSSR count). The molecule has 1 saturated heterocycles. The monoisotopic (exact) mass is 1210 g/mol. The van der Waals surface area contributed by atoms with Gasteiger partial charge >= 0.3 is 5.97 Å². The van der Waals surface area contributed by atoms with Crippen molar-refractivity contribution in [3.8, 4) is 28.5 Å². The molecule has 2 heterocycles. The lowest BCUT2D eigenvalue weighted by Gasteiger charge is -2.36. The number of hydrogen-bond donors (Lipinski definition) is 5. The number of aryl methyl sites for hydroxylation is 1. The average molecular weight is 1210 g/mol. The fourth-order valence-electron chi connectivity index (χ4n) is 10.2. The molecule has 1 aliphatic rings. The Hall–Kier alpha value is -8.16. The van der Waals surface area contributed by atoms with E-state index >= 15 is 0 Å². The standard InChI is InChI=1S/C68H89N7O12.CH4/c1-13-68(9,10)61(79)64(82)75-37-20-18-27-53(75)65(83)87-55(34-30-46-31-35-56(84-11)57(39-46)85-12)49-24-21-25-50(40-49)86-43-58(78)72-59(66(3,4)5)62(80)71-52(38-45-22-15-14-16-23-45)54(77)42-74(73-63(81)60(67(6,7)8)70-44(2)76)41-47-28-32-48(33-29-47)51-26-17-19-36-69-51;/h14-17,19,21-26,28-29,31-33,35-36,39-40,52-55,59-60,77H,13,18,20,27,30,34,37-38,41-43H2,1-12H3,(H,70,76)(H,71,80)(H,72,78)(H,73,81);1H4/t52-,53-,54-,55+,59+,60+;/m0./s1. The third kappa shape index (κ3) is 20.2. The fraction of sp³-hybridized carbons (Fsp3) is 0.478. The molecule has 0 saturated carbocycles. The topological polar surface area (TPSA) is 244 Å². The molecule has 1 fully saturated rings. The lowest BCUT2D eigenvalue weighted by atomic mass is 9.84. The van der Waals surface area contributed by atoms with E-state index in [-0.39, 0.29) is 45.1 Å². The highest BCUT2D eigenvalue weighted by Gasteiger charge is 2.42. The van der Waals surface area contributed by atoms with Crippen LogP contribution in [0.5, 0.6) is 17.2 Å². The Bertz CT molecular complexity index is 3130. The number of amides is 5. The van der Waals surface area contributed by atoms with Crippen LogP contribution in [0, 0.1) is 16.2 Å². The van der Waals surface area contributed by atoms with Crippen molar-refractivity contribution in [2.45, 2.75) is 165 Å². The first-order chi connectivity index (χ1) is 41.2. The predicted molar refractivity (Wildman–Crippen MR) is 339 cm³/mol. The lowest BCUT2D eigenvalue weighted by Crippen LogP contribution is -2.61. The highest BCUT2D eigenvalue weighted by Crippen LogP contribution is 2.33. The number of aromatic nitrogens is 1. The first-order valence-corrected chi connectivity index (χ1v) is 29.8. The van der Waals surface area contributed by atoms with E-state index in [9.17, 15) is 38.7 Å². The van der Waals surface area contributed by atoms with Crippen LogP contribution in [0.25, 0.3) is 11.3 Å². The molecule has 0 unspecified atom stereocenters. The largest absolute Gasteiger partial charge is 0.493 e. The molecule has 4 aromatic carbocycles. The maximum Gasteiger partial charge on any atom is 0.329 e. The summed E-state index contributed by atoms with van der Waals surface area (Å²) < 4.78 is 23.5. The zero-order valence-electron chi connectivity index (χ0n) is 52.6. The van der Waals surface area contributed by atoms with Gasteiger partial charge < -0.3 is 44.9 Å². The molecule has 1 aliphatic heterocycles. The van der Waals surface area contributed by atoms with E-state index in [4.69, 9.17) is 18.9 Å². The van der Waals surface area contributed by atoms with Crippen LogP contribution < -0.4 is 35.6 Å². The van der Waals surface area contributed by atoms with E-state index in [1.807, 2.05) is 113 Å². The minimum atomic E-state index is -1.31. The highest BCUT2D eigenvalue weighted by atomic mass is 16.5. The number of methoxy groups -OCH3 is 2. The van der Waals surface area contributed by atoms with E-state index in [0.717, 1.165) is 27.9 Å². The van der Waals surface area contributed by atoms with Crippen LogP contribution in [0.15, 0.2) is 121 Å². The van der Waals surface area contributed by atoms with E-state index in [0.29, 0.717) is 55.6 Å². The molecule has 5 amide bonds. The van der Waals surface area contributed by atoms with Gasteiger partial charge in [-0.2, -0.15) is 0 Å². The van der Waals surface area contributed by atoms with Crippen molar-refractivity contribution in [3.05, 3.63) is 144 Å². The summed E-state index contributed by atoms with van der Waals surface area (Å²) in [6, 6.07) is 30.9. The summed E-state index contributed by atoms with van der Waals surface area (Å²) in [5.41, 5.74) is 5.19. The summed E-state index contributed by atoms with van der Waals surface area (Å²) in [6.07, 6.45) is 2.51. The van der Waals surface area contributed by atoms with E-state index < -0.39 is 94.6 Å². The number of esters is 1. The van der Waals surface area contributed by atoms with Crippen LogP contribution in [0.4, 0.5) is 0 Å². The second-order valence-corrected chi connectivity index (χ2v) is 25.1. The van der Waals surface area contributed by atoms with Crippen molar-refractivity contribution in [1.82, 2.24) is 36.3 Å². The molecular weight excluding hydrogens is 1120 g/mol. The van der Waals surface area contributed by atoms with Crippen LogP contribution in [0.2, 0.25) is 0 Å². The Labute approximate surface area is 520 Å². The lowest BCUT2D eigenvalue weighted by molar-refractivity contribution is -0.164. The number of ether oxygens (including phenoxy) is 4. The summed E-state index contributed by atoms with van der Waals surface area (Å²) in [6.45, 7) is 17.2. The number of ketones is 1. The number of aliphatic hydroxyl groups is 1.